The highest BCUT2D eigenvalue weighted by molar-refractivity contribution is 5.98. The van der Waals surface area contributed by atoms with Gasteiger partial charge in [-0.2, -0.15) is 0 Å². The zero-order valence-corrected chi connectivity index (χ0v) is 22.6. The molecular formula is C29H29FN4O7. The standard InChI is InChI=1S/C29H29FN4O7/c1-3-29(40)17-8-21-26-15(11-34(21)27(38)16(17)12-41-28(29)39)25-19(32-23(37)10-22(36)31-6-7-35)5-4-14-13(2)18(30)9-20(33-26)24(14)25/h8-9,19,35,40H,3-7,10-12H2,1-2H3,(H,31,36)(H,32,37)/t19-,29-/m0/s1. The van der Waals surface area contributed by atoms with Crippen LogP contribution in [0.15, 0.2) is 16.9 Å². The molecule has 11 nitrogen and oxygen atoms in total. The Morgan fingerprint density at radius 1 is 1.22 bits per heavy atom. The van der Waals surface area contributed by atoms with Crippen molar-refractivity contribution in [2.45, 2.75) is 64.3 Å². The summed E-state index contributed by atoms with van der Waals surface area (Å²) in [5.74, 6) is -2.29. The van der Waals surface area contributed by atoms with Gasteiger partial charge in [0.15, 0.2) is 5.60 Å². The number of benzene rings is 1. The van der Waals surface area contributed by atoms with Crippen molar-refractivity contribution in [1.29, 1.82) is 0 Å². The maximum absolute atomic E-state index is 15.0. The smallest absolute Gasteiger partial charge is 0.343 e. The first kappa shape index (κ1) is 27.0. The number of halogens is 1. The van der Waals surface area contributed by atoms with Crippen molar-refractivity contribution >= 4 is 28.7 Å². The summed E-state index contributed by atoms with van der Waals surface area (Å²) in [5, 5.41) is 26.2. The zero-order chi connectivity index (χ0) is 29.2. The van der Waals surface area contributed by atoms with E-state index < -0.39 is 47.2 Å². The monoisotopic (exact) mass is 564 g/mol. The molecule has 0 unspecified atom stereocenters. The summed E-state index contributed by atoms with van der Waals surface area (Å²) in [6.07, 6.45) is 0.475. The van der Waals surface area contributed by atoms with E-state index in [4.69, 9.17) is 14.8 Å². The van der Waals surface area contributed by atoms with E-state index in [0.717, 1.165) is 5.56 Å². The number of fused-ring (bicyclic) bond motifs is 5. The third kappa shape index (κ3) is 4.04. The number of hydrogen-bond acceptors (Lipinski definition) is 8. The molecule has 0 spiro atoms. The number of aliphatic hydroxyl groups excluding tert-OH is 1. The van der Waals surface area contributed by atoms with Crippen molar-refractivity contribution in [3.8, 4) is 11.4 Å². The molecule has 1 aromatic carbocycles. The summed E-state index contributed by atoms with van der Waals surface area (Å²) < 4.78 is 21.7. The Hall–Kier alpha value is -4.16. The Kier molecular flexibility index (Phi) is 6.42. The largest absolute Gasteiger partial charge is 0.458 e. The molecule has 2 aliphatic heterocycles. The second-order valence-corrected chi connectivity index (χ2v) is 10.7. The van der Waals surface area contributed by atoms with Crippen LogP contribution < -0.4 is 16.2 Å². The normalized spacial score (nSPS) is 20.2. The molecule has 4 N–H and O–H groups in total. The molecule has 0 saturated heterocycles. The molecule has 41 heavy (non-hydrogen) atoms. The number of rotatable bonds is 6. The predicted octanol–water partition coefficient (Wildman–Crippen LogP) is 1.13. The number of hydrogen-bond donors (Lipinski definition) is 4. The summed E-state index contributed by atoms with van der Waals surface area (Å²) in [5.41, 5.74) is 1.73. The number of carbonyl (C=O) groups is 3. The summed E-state index contributed by atoms with van der Waals surface area (Å²) in [4.78, 5) is 56.0. The Balaban J connectivity index is 1.52. The zero-order valence-electron chi connectivity index (χ0n) is 22.6. The lowest BCUT2D eigenvalue weighted by Gasteiger charge is -2.31. The summed E-state index contributed by atoms with van der Waals surface area (Å²) in [7, 11) is 0. The van der Waals surface area contributed by atoms with Crippen molar-refractivity contribution in [3.05, 3.63) is 61.7 Å². The summed E-state index contributed by atoms with van der Waals surface area (Å²) >= 11 is 0. The summed E-state index contributed by atoms with van der Waals surface area (Å²) in [6.45, 7) is 2.96. The molecule has 6 rings (SSSR count). The number of pyridine rings is 2. The van der Waals surface area contributed by atoms with E-state index in [1.165, 1.54) is 10.6 Å². The highest BCUT2D eigenvalue weighted by Crippen LogP contribution is 2.45. The van der Waals surface area contributed by atoms with Crippen LogP contribution in [0.4, 0.5) is 4.39 Å². The molecule has 2 amide bonds. The quantitative estimate of drug-likeness (QED) is 0.200. The van der Waals surface area contributed by atoms with Crippen molar-refractivity contribution < 1.29 is 33.7 Å². The minimum atomic E-state index is -1.99. The third-order valence-corrected chi connectivity index (χ3v) is 8.47. The lowest BCUT2D eigenvalue weighted by atomic mass is 9.81. The van der Waals surface area contributed by atoms with Crippen molar-refractivity contribution in [3.63, 3.8) is 0 Å². The first-order valence-electron chi connectivity index (χ1n) is 13.6. The van der Waals surface area contributed by atoms with Gasteiger partial charge < -0.3 is 30.2 Å². The Morgan fingerprint density at radius 2 is 2.00 bits per heavy atom. The van der Waals surface area contributed by atoms with Crippen LogP contribution >= 0.6 is 0 Å². The maximum atomic E-state index is 15.0. The first-order chi connectivity index (χ1) is 19.6. The molecule has 3 aliphatic rings. The van der Waals surface area contributed by atoms with E-state index in [-0.39, 0.29) is 43.9 Å². The average Bonchev–Trinajstić information content (AvgIpc) is 3.32. The molecule has 0 fully saturated rings. The van der Waals surface area contributed by atoms with Gasteiger partial charge in [0, 0.05) is 29.1 Å². The van der Waals surface area contributed by atoms with Crippen LogP contribution in [0.1, 0.15) is 65.6 Å². The van der Waals surface area contributed by atoms with Crippen LogP contribution in [0.5, 0.6) is 0 Å². The number of esters is 1. The number of nitrogens with zero attached hydrogens (tertiary/aromatic N) is 2. The van der Waals surface area contributed by atoms with Crippen LogP contribution in [-0.4, -0.2) is 50.7 Å². The van der Waals surface area contributed by atoms with E-state index in [0.29, 0.717) is 51.8 Å². The molecular weight excluding hydrogens is 535 g/mol. The molecule has 0 bridgehead atoms. The molecule has 214 valence electrons. The van der Waals surface area contributed by atoms with Gasteiger partial charge in [0.05, 0.1) is 41.7 Å². The van der Waals surface area contributed by atoms with Gasteiger partial charge in [-0.25, -0.2) is 14.2 Å². The van der Waals surface area contributed by atoms with Gasteiger partial charge >= 0.3 is 5.97 Å². The highest BCUT2D eigenvalue weighted by Gasteiger charge is 2.46. The number of nitrogens with one attached hydrogen (secondary N) is 2. The van der Waals surface area contributed by atoms with Gasteiger partial charge in [-0.3, -0.25) is 14.4 Å². The van der Waals surface area contributed by atoms with Crippen molar-refractivity contribution in [1.82, 2.24) is 20.2 Å². The molecule has 0 saturated carbocycles. The van der Waals surface area contributed by atoms with Crippen molar-refractivity contribution in [2.24, 2.45) is 0 Å². The SMILES string of the molecule is CC[C@@]1(O)C(=O)OCc2c1cc1n(c2=O)Cc2c-1nc1cc(F)c(C)c3c1c2[C@@H](NC(=O)CC(=O)NCCO)CC3. The lowest BCUT2D eigenvalue weighted by molar-refractivity contribution is -0.172. The lowest BCUT2D eigenvalue weighted by Crippen LogP contribution is -2.44. The van der Waals surface area contributed by atoms with Crippen LogP contribution in [0.3, 0.4) is 0 Å². The average molecular weight is 565 g/mol. The summed E-state index contributed by atoms with van der Waals surface area (Å²) in [6, 6.07) is 2.39. The minimum Gasteiger partial charge on any atom is -0.458 e. The van der Waals surface area contributed by atoms with Gasteiger partial charge in [-0.15, -0.1) is 0 Å². The third-order valence-electron chi connectivity index (χ3n) is 8.47. The van der Waals surface area contributed by atoms with Gasteiger partial charge in [-0.1, -0.05) is 6.92 Å². The molecule has 4 heterocycles. The molecule has 2 aromatic heterocycles. The number of aryl methyl sites for hydroxylation is 1. The number of carbonyl (C=O) groups excluding carboxylic acids is 3. The second-order valence-electron chi connectivity index (χ2n) is 10.7. The molecule has 3 aromatic rings. The number of aliphatic hydroxyl groups is 2. The number of cyclic esters (lactones) is 1. The molecule has 12 heteroatoms. The van der Waals surface area contributed by atoms with E-state index in [1.54, 1.807) is 19.9 Å². The fraction of sp³-hybridized carbons (Fsp3) is 0.414. The van der Waals surface area contributed by atoms with Crippen LogP contribution in [0, 0.1) is 12.7 Å². The van der Waals surface area contributed by atoms with Gasteiger partial charge in [0.1, 0.15) is 18.8 Å². The van der Waals surface area contributed by atoms with Crippen LogP contribution in [0.2, 0.25) is 0 Å². The predicted molar refractivity (Wildman–Crippen MR) is 143 cm³/mol. The second kappa shape index (κ2) is 9.74. The van der Waals surface area contributed by atoms with E-state index in [1.807, 2.05) is 0 Å². The molecule has 0 radical (unpaired) electrons. The molecule has 1 aliphatic carbocycles. The topological polar surface area (TPSA) is 160 Å². The van der Waals surface area contributed by atoms with Crippen LogP contribution in [-0.2, 0) is 44.3 Å². The van der Waals surface area contributed by atoms with Gasteiger partial charge in [0.2, 0.25) is 11.8 Å². The Labute approximate surface area is 233 Å². The van der Waals surface area contributed by atoms with E-state index >= 15 is 4.39 Å². The number of amides is 2. The van der Waals surface area contributed by atoms with E-state index in [9.17, 15) is 24.3 Å². The fourth-order valence-corrected chi connectivity index (χ4v) is 6.35. The Bertz CT molecular complexity index is 1730. The maximum Gasteiger partial charge on any atom is 0.343 e. The van der Waals surface area contributed by atoms with Crippen molar-refractivity contribution in [2.75, 3.05) is 13.2 Å². The first-order valence-corrected chi connectivity index (χ1v) is 13.6. The van der Waals surface area contributed by atoms with Gasteiger partial charge in [-0.05, 0) is 48.9 Å². The number of aromatic nitrogens is 2. The van der Waals surface area contributed by atoms with Crippen LogP contribution in [0.25, 0.3) is 22.3 Å². The fourth-order valence-electron chi connectivity index (χ4n) is 6.35. The van der Waals surface area contributed by atoms with Gasteiger partial charge in [0.25, 0.3) is 5.56 Å². The minimum absolute atomic E-state index is 0.00117. The number of ether oxygens (including phenoxy) is 1. The molecule has 2 atom stereocenters. The highest BCUT2D eigenvalue weighted by atomic mass is 19.1. The van der Waals surface area contributed by atoms with E-state index in [2.05, 4.69) is 10.6 Å². The Morgan fingerprint density at radius 3 is 2.73 bits per heavy atom.